The summed E-state index contributed by atoms with van der Waals surface area (Å²) in [6.07, 6.45) is 0. The maximum atomic E-state index is 11.6. The van der Waals surface area contributed by atoms with Crippen molar-refractivity contribution in [2.45, 2.75) is 6.92 Å². The number of urea groups is 2. The molecule has 10 nitrogen and oxygen atoms in total. The molecule has 0 saturated heterocycles. The Morgan fingerprint density at radius 2 is 1.52 bits per heavy atom. The number of hydrogen-bond donors (Lipinski definition) is 4. The van der Waals surface area contributed by atoms with Gasteiger partial charge in [0.2, 0.25) is 0 Å². The van der Waals surface area contributed by atoms with Gasteiger partial charge >= 0.3 is 12.1 Å². The number of anilines is 2. The Morgan fingerprint density at radius 3 is 2.15 bits per heavy atom. The second-order valence-electron chi connectivity index (χ2n) is 5.79. The van der Waals surface area contributed by atoms with Gasteiger partial charge < -0.3 is 11.5 Å². The molecule has 0 aliphatic carbocycles. The summed E-state index contributed by atoms with van der Waals surface area (Å²) in [6, 6.07) is 11.5. The monoisotopic (exact) mass is 366 g/mol. The first kappa shape index (κ1) is 18.0. The normalized spacial score (nSPS) is 10.6. The standard InChI is InChI=1S/C17H18N8O2/c1-9-13(12-7-6-10-4-2-3-5-11(10)8-12)14(24(20)15(18)26)23-17(22-9)25(21)16(19)27/h2-8H,20-21H2,1H3,(H2,18,26)(H2,19,27). The van der Waals surface area contributed by atoms with Gasteiger partial charge in [0.1, 0.15) is 0 Å². The molecule has 0 aliphatic rings. The first-order chi connectivity index (χ1) is 12.8. The number of aromatic nitrogens is 2. The van der Waals surface area contributed by atoms with E-state index >= 15 is 0 Å². The van der Waals surface area contributed by atoms with E-state index < -0.39 is 12.1 Å². The van der Waals surface area contributed by atoms with Crippen LogP contribution >= 0.6 is 0 Å². The van der Waals surface area contributed by atoms with Gasteiger partial charge in [-0.2, -0.15) is 9.99 Å². The number of hydrazine groups is 2. The molecule has 138 valence electrons. The Kier molecular flexibility index (Phi) is 4.59. The quantitative estimate of drug-likeness (QED) is 0.307. The summed E-state index contributed by atoms with van der Waals surface area (Å²) in [7, 11) is 0. The average molecular weight is 366 g/mol. The van der Waals surface area contributed by atoms with Crippen molar-refractivity contribution in [3.05, 3.63) is 48.2 Å². The number of rotatable bonds is 3. The van der Waals surface area contributed by atoms with Gasteiger partial charge in [0.05, 0.1) is 5.69 Å². The van der Waals surface area contributed by atoms with Crippen LogP contribution in [0.25, 0.3) is 21.9 Å². The molecular formula is C17H18N8O2. The molecule has 0 spiro atoms. The highest BCUT2D eigenvalue weighted by Gasteiger charge is 2.23. The topological polar surface area (TPSA) is 170 Å². The zero-order valence-corrected chi connectivity index (χ0v) is 14.5. The smallest absolute Gasteiger partial charge is 0.336 e. The fraction of sp³-hybridized carbons (Fsp3) is 0.0588. The Morgan fingerprint density at radius 1 is 0.889 bits per heavy atom. The number of carbonyl (C=O) groups excluding carboxylic acids is 2. The Hall–Kier alpha value is -3.76. The van der Waals surface area contributed by atoms with E-state index in [1.54, 1.807) is 6.92 Å². The van der Waals surface area contributed by atoms with Crippen molar-refractivity contribution in [1.29, 1.82) is 0 Å². The molecular weight excluding hydrogens is 348 g/mol. The Labute approximate surface area is 154 Å². The number of benzene rings is 2. The average Bonchev–Trinajstić information content (AvgIpc) is 2.65. The third kappa shape index (κ3) is 3.34. The lowest BCUT2D eigenvalue weighted by atomic mass is 10.0. The highest BCUT2D eigenvalue weighted by Crippen LogP contribution is 2.33. The molecule has 0 saturated carbocycles. The molecule has 1 heterocycles. The summed E-state index contributed by atoms with van der Waals surface area (Å²) in [5, 5.41) is 3.23. The van der Waals surface area contributed by atoms with Crippen molar-refractivity contribution >= 4 is 34.6 Å². The van der Waals surface area contributed by atoms with Gasteiger partial charge in [0.15, 0.2) is 5.82 Å². The van der Waals surface area contributed by atoms with Crippen LogP contribution in [0.4, 0.5) is 21.4 Å². The van der Waals surface area contributed by atoms with Crippen molar-refractivity contribution in [2.75, 3.05) is 10.0 Å². The zero-order valence-electron chi connectivity index (χ0n) is 14.5. The molecule has 0 aliphatic heterocycles. The van der Waals surface area contributed by atoms with Crippen LogP contribution in [-0.4, -0.2) is 22.0 Å². The molecule has 0 radical (unpaired) electrons. The number of amides is 4. The van der Waals surface area contributed by atoms with Crippen LogP contribution in [0.1, 0.15) is 5.69 Å². The minimum absolute atomic E-state index is 0.00280. The predicted octanol–water partition coefficient (Wildman–Crippen LogP) is 1.12. The van der Waals surface area contributed by atoms with Gasteiger partial charge in [0, 0.05) is 5.56 Å². The van der Waals surface area contributed by atoms with E-state index in [1.165, 1.54) is 0 Å². The van der Waals surface area contributed by atoms with Gasteiger partial charge in [-0.15, -0.1) is 0 Å². The molecule has 2 aromatic carbocycles. The van der Waals surface area contributed by atoms with Gasteiger partial charge in [-0.3, -0.25) is 0 Å². The zero-order chi connectivity index (χ0) is 19.7. The number of nitrogens with two attached hydrogens (primary N) is 4. The fourth-order valence-corrected chi connectivity index (χ4v) is 2.71. The second-order valence-corrected chi connectivity index (χ2v) is 5.79. The summed E-state index contributed by atoms with van der Waals surface area (Å²) in [5.41, 5.74) is 12.1. The number of hydrogen-bond acceptors (Lipinski definition) is 6. The largest absolute Gasteiger partial charge is 0.350 e. The third-order valence-electron chi connectivity index (χ3n) is 4.02. The summed E-state index contributed by atoms with van der Waals surface area (Å²) >= 11 is 0. The van der Waals surface area contributed by atoms with Gasteiger partial charge in [0.25, 0.3) is 5.95 Å². The second kappa shape index (κ2) is 6.86. The molecule has 0 unspecified atom stereocenters. The predicted molar refractivity (Wildman–Crippen MR) is 102 cm³/mol. The molecule has 0 bridgehead atoms. The molecule has 10 heteroatoms. The molecule has 8 N–H and O–H groups in total. The lowest BCUT2D eigenvalue weighted by molar-refractivity contribution is 0.253. The van der Waals surface area contributed by atoms with E-state index in [-0.39, 0.29) is 11.8 Å². The molecule has 3 aromatic rings. The van der Waals surface area contributed by atoms with Crippen LogP contribution in [0.15, 0.2) is 42.5 Å². The van der Waals surface area contributed by atoms with Crippen LogP contribution in [0.5, 0.6) is 0 Å². The van der Waals surface area contributed by atoms with Crippen molar-refractivity contribution in [3.63, 3.8) is 0 Å². The molecule has 3 rings (SSSR count). The van der Waals surface area contributed by atoms with E-state index in [0.29, 0.717) is 26.8 Å². The van der Waals surface area contributed by atoms with Gasteiger partial charge in [-0.05, 0) is 29.3 Å². The number of primary amides is 2. The minimum Gasteiger partial charge on any atom is -0.350 e. The molecule has 27 heavy (non-hydrogen) atoms. The van der Waals surface area contributed by atoms with E-state index in [1.807, 2.05) is 42.5 Å². The number of fused-ring (bicyclic) bond motifs is 1. The maximum absolute atomic E-state index is 11.6. The van der Waals surface area contributed by atoms with Crippen molar-refractivity contribution in [2.24, 2.45) is 23.2 Å². The highest BCUT2D eigenvalue weighted by molar-refractivity contribution is 5.97. The lowest BCUT2D eigenvalue weighted by Crippen LogP contribution is -2.45. The Balaban J connectivity index is 2.26. The van der Waals surface area contributed by atoms with E-state index in [4.69, 9.17) is 23.2 Å². The summed E-state index contributed by atoms with van der Waals surface area (Å²) in [5.74, 6) is 11.2. The van der Waals surface area contributed by atoms with Crippen molar-refractivity contribution < 1.29 is 9.59 Å². The van der Waals surface area contributed by atoms with Crippen LogP contribution in [0.3, 0.4) is 0 Å². The SMILES string of the molecule is Cc1nc(N(N)C(N)=O)nc(N(N)C(N)=O)c1-c1ccc2ccccc2c1. The lowest BCUT2D eigenvalue weighted by Gasteiger charge is -2.21. The molecule has 0 atom stereocenters. The van der Waals surface area contributed by atoms with Crippen LogP contribution in [-0.2, 0) is 0 Å². The number of aryl methyl sites for hydroxylation is 1. The molecule has 4 amide bonds. The number of nitrogens with zero attached hydrogens (tertiary/aromatic N) is 4. The molecule has 0 fully saturated rings. The van der Waals surface area contributed by atoms with Crippen LogP contribution in [0.2, 0.25) is 0 Å². The van der Waals surface area contributed by atoms with Gasteiger partial charge in [-0.25, -0.2) is 31.3 Å². The van der Waals surface area contributed by atoms with Crippen molar-refractivity contribution in [1.82, 2.24) is 9.97 Å². The van der Waals surface area contributed by atoms with Crippen LogP contribution in [0, 0.1) is 6.92 Å². The van der Waals surface area contributed by atoms with Crippen molar-refractivity contribution in [3.8, 4) is 11.1 Å². The minimum atomic E-state index is -0.971. The third-order valence-corrected chi connectivity index (χ3v) is 4.02. The van der Waals surface area contributed by atoms with E-state index in [0.717, 1.165) is 10.8 Å². The van der Waals surface area contributed by atoms with E-state index in [2.05, 4.69) is 9.97 Å². The van der Waals surface area contributed by atoms with Crippen LogP contribution < -0.4 is 33.2 Å². The summed E-state index contributed by atoms with van der Waals surface area (Å²) in [4.78, 5) is 31.3. The summed E-state index contributed by atoms with van der Waals surface area (Å²) < 4.78 is 0. The Bertz CT molecular complexity index is 1050. The van der Waals surface area contributed by atoms with Gasteiger partial charge in [-0.1, -0.05) is 36.4 Å². The highest BCUT2D eigenvalue weighted by atomic mass is 16.2. The summed E-state index contributed by atoms with van der Waals surface area (Å²) in [6.45, 7) is 1.67. The first-order valence-electron chi connectivity index (χ1n) is 7.86. The van der Waals surface area contributed by atoms with E-state index in [9.17, 15) is 9.59 Å². The molecule has 1 aromatic heterocycles. The first-order valence-corrected chi connectivity index (χ1v) is 7.86. The maximum Gasteiger partial charge on any atom is 0.336 e. The fourth-order valence-electron chi connectivity index (χ4n) is 2.71. The number of carbonyl (C=O) groups is 2.